The Morgan fingerprint density at radius 1 is 1.50 bits per heavy atom. The maximum atomic E-state index is 10.6. The van der Waals surface area contributed by atoms with Crippen molar-refractivity contribution in [3.63, 3.8) is 0 Å². The van der Waals surface area contributed by atoms with Gasteiger partial charge in [-0.15, -0.1) is 5.53 Å². The van der Waals surface area contributed by atoms with E-state index >= 15 is 0 Å². The van der Waals surface area contributed by atoms with E-state index in [2.05, 4.69) is 5.53 Å². The van der Waals surface area contributed by atoms with Crippen LogP contribution in [0.5, 0.6) is 0 Å². The fourth-order valence-electron chi connectivity index (χ4n) is 0.217. The van der Waals surface area contributed by atoms with E-state index in [4.69, 9.17) is 5.84 Å². The molecule has 0 aromatic carbocycles. The molecule has 8 heavy (non-hydrogen) atoms. The number of quaternary nitrogens is 1. The standard InChI is InChI=1S/C4H13N3O/c1-4(2,3)7(8)6-5/h6-7H,5H2,1-3H3. The molecule has 0 radical (unpaired) electrons. The van der Waals surface area contributed by atoms with Gasteiger partial charge in [-0.1, -0.05) is 0 Å². The van der Waals surface area contributed by atoms with Gasteiger partial charge in [-0.2, -0.15) is 0 Å². The lowest BCUT2D eigenvalue weighted by atomic mass is 10.1. The summed E-state index contributed by atoms with van der Waals surface area (Å²) in [4.78, 5) is 0. The largest absolute Gasteiger partial charge is 0.612 e. The Hall–Kier alpha value is -0.160. The molecular weight excluding hydrogens is 106 g/mol. The summed E-state index contributed by atoms with van der Waals surface area (Å²) in [5.74, 6) is 4.86. The van der Waals surface area contributed by atoms with Crippen LogP contribution in [-0.2, 0) is 0 Å². The van der Waals surface area contributed by atoms with E-state index in [0.717, 1.165) is 0 Å². The van der Waals surface area contributed by atoms with Crippen LogP contribution in [0.2, 0.25) is 0 Å². The molecule has 0 aromatic rings. The van der Waals surface area contributed by atoms with Crippen LogP contribution in [0.1, 0.15) is 20.8 Å². The third-order valence-corrected chi connectivity index (χ3v) is 0.812. The molecule has 0 aliphatic carbocycles. The Kier molecular flexibility index (Phi) is 2.36. The van der Waals surface area contributed by atoms with Gasteiger partial charge >= 0.3 is 0 Å². The fraction of sp³-hybridized carbons (Fsp3) is 1.00. The smallest absolute Gasteiger partial charge is 0.107 e. The van der Waals surface area contributed by atoms with Crippen molar-refractivity contribution in [1.29, 1.82) is 0 Å². The fourth-order valence-corrected chi connectivity index (χ4v) is 0.217. The summed E-state index contributed by atoms with van der Waals surface area (Å²) in [6.07, 6.45) is 0. The molecule has 1 atom stereocenters. The third kappa shape index (κ3) is 2.23. The second kappa shape index (κ2) is 2.41. The van der Waals surface area contributed by atoms with E-state index in [0.29, 0.717) is 0 Å². The Morgan fingerprint density at radius 3 is 1.88 bits per heavy atom. The molecule has 0 bridgehead atoms. The molecule has 0 aliphatic rings. The van der Waals surface area contributed by atoms with Crippen LogP contribution >= 0.6 is 0 Å². The van der Waals surface area contributed by atoms with Gasteiger partial charge in [0.15, 0.2) is 0 Å². The Labute approximate surface area is 49.2 Å². The van der Waals surface area contributed by atoms with Gasteiger partial charge in [-0.25, -0.2) is 5.84 Å². The highest BCUT2D eigenvalue weighted by atomic mass is 16.6. The first kappa shape index (κ1) is 7.84. The molecule has 0 fully saturated rings. The molecule has 0 spiro atoms. The van der Waals surface area contributed by atoms with Gasteiger partial charge in [0.05, 0.1) is 0 Å². The molecule has 50 valence electrons. The van der Waals surface area contributed by atoms with E-state index in [9.17, 15) is 5.21 Å². The zero-order valence-electron chi connectivity index (χ0n) is 5.49. The lowest BCUT2D eigenvalue weighted by molar-refractivity contribution is -0.944. The number of hydrogen-bond acceptors (Lipinski definition) is 3. The number of nitrogens with one attached hydrogen (secondary N) is 2. The Bertz CT molecular complexity index is 68.2. The highest BCUT2D eigenvalue weighted by Crippen LogP contribution is 1.88. The number of rotatable bonds is 1. The first-order valence-corrected chi connectivity index (χ1v) is 2.49. The molecule has 0 amide bonds. The lowest BCUT2D eigenvalue weighted by Gasteiger charge is -2.32. The van der Waals surface area contributed by atoms with E-state index in [-0.39, 0.29) is 10.7 Å². The minimum atomic E-state index is -0.366. The van der Waals surface area contributed by atoms with Crippen LogP contribution in [0.25, 0.3) is 0 Å². The van der Waals surface area contributed by atoms with E-state index in [1.807, 2.05) is 0 Å². The van der Waals surface area contributed by atoms with Crippen molar-refractivity contribution in [1.82, 2.24) is 5.53 Å². The topological polar surface area (TPSA) is 65.5 Å². The molecule has 0 heterocycles. The summed E-state index contributed by atoms with van der Waals surface area (Å²) >= 11 is 0. The molecule has 4 N–H and O–H groups in total. The van der Waals surface area contributed by atoms with Gasteiger partial charge in [-0.05, 0) is 20.8 Å². The van der Waals surface area contributed by atoms with Crippen LogP contribution in [0.15, 0.2) is 0 Å². The van der Waals surface area contributed by atoms with Gasteiger partial charge in [0.25, 0.3) is 0 Å². The van der Waals surface area contributed by atoms with Crippen molar-refractivity contribution in [3.8, 4) is 0 Å². The second-order valence-electron chi connectivity index (χ2n) is 2.72. The summed E-state index contributed by atoms with van der Waals surface area (Å²) in [5, 5.41) is 10.5. The molecule has 0 aliphatic heterocycles. The van der Waals surface area contributed by atoms with Crippen LogP contribution in [0.3, 0.4) is 0 Å². The highest BCUT2D eigenvalue weighted by molar-refractivity contribution is 4.53. The predicted octanol–water partition coefficient (Wildman–Crippen LogP) is -1.45. The molecule has 0 rings (SSSR count). The summed E-state index contributed by atoms with van der Waals surface area (Å²) in [7, 11) is 0. The van der Waals surface area contributed by atoms with Crippen molar-refractivity contribution in [2.24, 2.45) is 5.84 Å². The predicted molar refractivity (Wildman–Crippen MR) is 31.4 cm³/mol. The molecule has 1 unspecified atom stereocenters. The number of hydrazine groups is 1. The maximum Gasteiger partial charge on any atom is 0.107 e. The van der Waals surface area contributed by atoms with Crippen molar-refractivity contribution >= 4 is 0 Å². The van der Waals surface area contributed by atoms with Gasteiger partial charge in [0, 0.05) is 0 Å². The third-order valence-electron chi connectivity index (χ3n) is 0.812. The molecular formula is C4H13N3O. The normalized spacial score (nSPS) is 16.1. The van der Waals surface area contributed by atoms with Crippen molar-refractivity contribution in [2.45, 2.75) is 26.3 Å². The average Bonchev–Trinajstić information content (AvgIpc) is 1.62. The molecule has 4 heteroatoms. The Morgan fingerprint density at radius 2 is 1.88 bits per heavy atom. The lowest BCUT2D eigenvalue weighted by Crippen LogP contribution is -3.22. The van der Waals surface area contributed by atoms with Gasteiger partial charge in [0.2, 0.25) is 0 Å². The zero-order valence-corrected chi connectivity index (χ0v) is 5.49. The minimum Gasteiger partial charge on any atom is -0.612 e. The van der Waals surface area contributed by atoms with E-state index in [1.54, 1.807) is 20.8 Å². The molecule has 0 saturated carbocycles. The van der Waals surface area contributed by atoms with Crippen molar-refractivity contribution < 1.29 is 5.17 Å². The highest BCUT2D eigenvalue weighted by Gasteiger charge is 2.16. The molecule has 0 aromatic heterocycles. The van der Waals surface area contributed by atoms with Crippen LogP contribution in [0, 0.1) is 5.21 Å². The second-order valence-corrected chi connectivity index (χ2v) is 2.72. The monoisotopic (exact) mass is 119 g/mol. The summed E-state index contributed by atoms with van der Waals surface area (Å²) in [5.41, 5.74) is 1.70. The molecule has 4 nitrogen and oxygen atoms in total. The number of hydrogen-bond donors (Lipinski definition) is 3. The summed E-state index contributed by atoms with van der Waals surface area (Å²) in [6.45, 7) is 5.40. The van der Waals surface area contributed by atoms with E-state index in [1.165, 1.54) is 0 Å². The van der Waals surface area contributed by atoms with Gasteiger partial charge in [-0.3, -0.25) is 5.17 Å². The average molecular weight is 119 g/mol. The van der Waals surface area contributed by atoms with Gasteiger partial charge in [0.1, 0.15) is 5.54 Å². The van der Waals surface area contributed by atoms with Gasteiger partial charge < -0.3 is 5.21 Å². The summed E-state index contributed by atoms with van der Waals surface area (Å²) in [6, 6.07) is 0. The minimum absolute atomic E-state index is 0.141. The first-order chi connectivity index (χ1) is 3.48. The van der Waals surface area contributed by atoms with Crippen LogP contribution in [-0.4, -0.2) is 5.54 Å². The van der Waals surface area contributed by atoms with Crippen LogP contribution < -0.4 is 16.5 Å². The van der Waals surface area contributed by atoms with Crippen molar-refractivity contribution in [3.05, 3.63) is 5.21 Å². The molecule has 0 saturated heterocycles. The summed E-state index contributed by atoms with van der Waals surface area (Å²) < 4.78 is 0. The maximum absolute atomic E-state index is 10.6. The van der Waals surface area contributed by atoms with Crippen LogP contribution in [0.4, 0.5) is 0 Å². The van der Waals surface area contributed by atoms with E-state index < -0.39 is 0 Å². The quantitative estimate of drug-likeness (QED) is 0.292. The first-order valence-electron chi connectivity index (χ1n) is 2.49. The Balaban J connectivity index is 3.62. The SMILES string of the molecule is CC(C)(C)[NH+]([O-])NN. The van der Waals surface area contributed by atoms with Crippen molar-refractivity contribution in [2.75, 3.05) is 0 Å². The zero-order chi connectivity index (χ0) is 6.78. The number of hydroxylamine groups is 1. The number of nitrogens with two attached hydrogens (primary N) is 1.